The van der Waals surface area contributed by atoms with Crippen molar-refractivity contribution < 1.29 is 0 Å². The Morgan fingerprint density at radius 2 is 2.18 bits per heavy atom. The van der Waals surface area contributed by atoms with E-state index in [1.807, 2.05) is 0 Å². The fourth-order valence-electron chi connectivity index (χ4n) is 1.51. The molecule has 11 heavy (non-hydrogen) atoms. The Kier molecular flexibility index (Phi) is 3.41. The summed E-state index contributed by atoms with van der Waals surface area (Å²) in [6, 6.07) is 0. The second-order valence-corrected chi connectivity index (χ2v) is 3.37. The molecule has 1 atom stereocenters. The molecule has 1 aliphatic carbocycles. The van der Waals surface area contributed by atoms with Gasteiger partial charge in [0.05, 0.1) is 0 Å². The minimum atomic E-state index is 0.715. The summed E-state index contributed by atoms with van der Waals surface area (Å²) in [5.41, 5.74) is 1.62. The van der Waals surface area contributed by atoms with Crippen LogP contribution in [0, 0.1) is 5.92 Å². The van der Waals surface area contributed by atoms with Crippen molar-refractivity contribution in [2.45, 2.75) is 39.5 Å². The third-order valence-electron chi connectivity index (χ3n) is 2.36. The molecular formula is C11H18. The first-order chi connectivity index (χ1) is 5.34. The third-order valence-corrected chi connectivity index (χ3v) is 2.36. The molecule has 0 aromatic heterocycles. The van der Waals surface area contributed by atoms with E-state index in [4.69, 9.17) is 0 Å². The van der Waals surface area contributed by atoms with Crippen molar-refractivity contribution in [1.82, 2.24) is 0 Å². The van der Waals surface area contributed by atoms with E-state index in [0.717, 1.165) is 0 Å². The summed E-state index contributed by atoms with van der Waals surface area (Å²) in [6.45, 7) is 4.53. The molecule has 0 saturated carbocycles. The Balaban J connectivity index is 2.18. The van der Waals surface area contributed by atoms with E-state index in [-0.39, 0.29) is 0 Å². The molecule has 0 aliphatic heterocycles. The fourth-order valence-corrected chi connectivity index (χ4v) is 1.51. The molecule has 0 aromatic rings. The van der Waals surface area contributed by atoms with Gasteiger partial charge in [-0.15, -0.1) is 0 Å². The lowest BCUT2D eigenvalue weighted by atomic mass is 9.99. The summed E-state index contributed by atoms with van der Waals surface area (Å²) in [5.74, 6) is 0.715. The van der Waals surface area contributed by atoms with Gasteiger partial charge in [-0.25, -0.2) is 0 Å². The first kappa shape index (κ1) is 8.58. The average Bonchev–Trinajstić information content (AvgIpc) is 2.37. The predicted molar refractivity (Wildman–Crippen MR) is 50.5 cm³/mol. The topological polar surface area (TPSA) is 0 Å². The predicted octanol–water partition coefficient (Wildman–Crippen LogP) is 3.70. The van der Waals surface area contributed by atoms with Gasteiger partial charge in [0.2, 0.25) is 0 Å². The molecule has 0 radical (unpaired) electrons. The van der Waals surface area contributed by atoms with Gasteiger partial charge in [0.25, 0.3) is 0 Å². The van der Waals surface area contributed by atoms with Gasteiger partial charge >= 0.3 is 0 Å². The second-order valence-electron chi connectivity index (χ2n) is 3.37. The van der Waals surface area contributed by atoms with Crippen LogP contribution in [0.5, 0.6) is 0 Å². The quantitative estimate of drug-likeness (QED) is 0.536. The lowest BCUT2D eigenvalue weighted by Gasteiger charge is -2.06. The number of hydrogen-bond acceptors (Lipinski definition) is 0. The van der Waals surface area contributed by atoms with Crippen molar-refractivity contribution in [2.75, 3.05) is 0 Å². The van der Waals surface area contributed by atoms with Crippen molar-refractivity contribution in [3.63, 3.8) is 0 Å². The van der Waals surface area contributed by atoms with E-state index in [0.29, 0.717) is 5.92 Å². The van der Waals surface area contributed by atoms with Crippen LogP contribution in [0.3, 0.4) is 0 Å². The van der Waals surface area contributed by atoms with Crippen LogP contribution in [0.25, 0.3) is 0 Å². The van der Waals surface area contributed by atoms with E-state index in [9.17, 15) is 0 Å². The van der Waals surface area contributed by atoms with Gasteiger partial charge < -0.3 is 0 Å². The Morgan fingerprint density at radius 1 is 1.36 bits per heavy atom. The van der Waals surface area contributed by atoms with Crippen LogP contribution in [0.2, 0.25) is 0 Å². The Labute approximate surface area is 70.0 Å². The summed E-state index contributed by atoms with van der Waals surface area (Å²) >= 11 is 0. The van der Waals surface area contributed by atoms with Crippen LogP contribution >= 0.6 is 0 Å². The number of unbranched alkanes of at least 4 members (excludes halogenated alkanes) is 2. The highest BCUT2D eigenvalue weighted by Crippen LogP contribution is 2.23. The van der Waals surface area contributed by atoms with Crippen LogP contribution in [-0.4, -0.2) is 0 Å². The maximum Gasteiger partial charge on any atom is -0.00454 e. The Bertz CT molecular complexity index is 163. The molecule has 0 bridgehead atoms. The zero-order valence-corrected chi connectivity index (χ0v) is 7.64. The Hall–Kier alpha value is -0.520. The van der Waals surface area contributed by atoms with Gasteiger partial charge in [0, 0.05) is 0 Å². The van der Waals surface area contributed by atoms with Gasteiger partial charge in [-0.1, -0.05) is 50.5 Å². The zero-order valence-electron chi connectivity index (χ0n) is 7.64. The van der Waals surface area contributed by atoms with Crippen molar-refractivity contribution >= 4 is 0 Å². The van der Waals surface area contributed by atoms with Crippen molar-refractivity contribution in [3.05, 3.63) is 23.8 Å². The third kappa shape index (κ3) is 2.53. The van der Waals surface area contributed by atoms with Crippen LogP contribution in [0.15, 0.2) is 23.8 Å². The maximum atomic E-state index is 2.28. The first-order valence-electron chi connectivity index (χ1n) is 4.72. The van der Waals surface area contributed by atoms with Gasteiger partial charge in [-0.3, -0.25) is 0 Å². The minimum absolute atomic E-state index is 0.715. The average molecular weight is 150 g/mol. The van der Waals surface area contributed by atoms with Crippen LogP contribution in [0.1, 0.15) is 39.5 Å². The van der Waals surface area contributed by atoms with Gasteiger partial charge in [-0.05, 0) is 18.8 Å². The molecule has 1 unspecified atom stereocenters. The van der Waals surface area contributed by atoms with Crippen LogP contribution in [-0.2, 0) is 0 Å². The molecule has 0 heterocycles. The molecule has 0 aromatic carbocycles. The zero-order chi connectivity index (χ0) is 8.10. The smallest absolute Gasteiger partial charge is 0.00454 e. The number of rotatable bonds is 4. The second kappa shape index (κ2) is 4.38. The largest absolute Gasteiger partial charge is 0.0776 e. The van der Waals surface area contributed by atoms with Crippen molar-refractivity contribution in [1.29, 1.82) is 0 Å². The molecule has 0 nitrogen and oxygen atoms in total. The minimum Gasteiger partial charge on any atom is -0.0776 e. The highest BCUT2D eigenvalue weighted by Gasteiger charge is 2.07. The summed E-state index contributed by atoms with van der Waals surface area (Å²) in [4.78, 5) is 0. The first-order valence-corrected chi connectivity index (χ1v) is 4.72. The molecule has 0 heteroatoms. The molecule has 1 aliphatic rings. The SMILES string of the molecule is CCCCCC1=CC=CC1C. The normalized spacial score (nSPS) is 22.4. The Morgan fingerprint density at radius 3 is 2.73 bits per heavy atom. The van der Waals surface area contributed by atoms with Crippen molar-refractivity contribution in [3.8, 4) is 0 Å². The summed E-state index contributed by atoms with van der Waals surface area (Å²) in [6.07, 6.45) is 12.1. The molecule has 1 rings (SSSR count). The highest BCUT2D eigenvalue weighted by atomic mass is 14.1. The molecule has 0 saturated heterocycles. The van der Waals surface area contributed by atoms with E-state index in [2.05, 4.69) is 32.1 Å². The van der Waals surface area contributed by atoms with Gasteiger partial charge in [-0.2, -0.15) is 0 Å². The van der Waals surface area contributed by atoms with E-state index >= 15 is 0 Å². The fraction of sp³-hybridized carbons (Fsp3) is 0.636. The lowest BCUT2D eigenvalue weighted by Crippen LogP contribution is -1.91. The highest BCUT2D eigenvalue weighted by molar-refractivity contribution is 5.26. The lowest BCUT2D eigenvalue weighted by molar-refractivity contribution is 0.678. The molecule has 0 N–H and O–H groups in total. The van der Waals surface area contributed by atoms with E-state index < -0.39 is 0 Å². The van der Waals surface area contributed by atoms with E-state index in [1.54, 1.807) is 5.57 Å². The van der Waals surface area contributed by atoms with Gasteiger partial charge in [0.1, 0.15) is 0 Å². The standard InChI is InChI=1S/C11H18/c1-3-4-5-8-11-9-6-7-10(11)2/h6-7,9-10H,3-5,8H2,1-2H3. The molecule has 62 valence electrons. The monoisotopic (exact) mass is 150 g/mol. The van der Waals surface area contributed by atoms with E-state index in [1.165, 1.54) is 25.7 Å². The van der Waals surface area contributed by atoms with Gasteiger partial charge in [0.15, 0.2) is 0 Å². The molecule has 0 amide bonds. The summed E-state index contributed by atoms with van der Waals surface area (Å²) in [7, 11) is 0. The number of hydrogen-bond donors (Lipinski definition) is 0. The van der Waals surface area contributed by atoms with Crippen molar-refractivity contribution in [2.24, 2.45) is 5.92 Å². The van der Waals surface area contributed by atoms with Crippen LogP contribution in [0.4, 0.5) is 0 Å². The number of allylic oxidation sites excluding steroid dienone is 4. The molecule has 0 fully saturated rings. The maximum absolute atomic E-state index is 2.28. The summed E-state index contributed by atoms with van der Waals surface area (Å²) in [5, 5.41) is 0. The van der Waals surface area contributed by atoms with Crippen LogP contribution < -0.4 is 0 Å². The summed E-state index contributed by atoms with van der Waals surface area (Å²) < 4.78 is 0. The molecule has 0 spiro atoms. The molecular weight excluding hydrogens is 132 g/mol.